The Hall–Kier alpha value is -2.48. The smallest absolute Gasteiger partial charge is 0.229 e. The van der Waals surface area contributed by atoms with Gasteiger partial charge in [-0.2, -0.15) is 0 Å². The molecule has 0 radical (unpaired) electrons. The fourth-order valence-electron chi connectivity index (χ4n) is 1.95. The lowest BCUT2D eigenvalue weighted by molar-refractivity contribution is -0.123. The number of amides is 1. The van der Waals surface area contributed by atoms with E-state index >= 15 is 0 Å². The van der Waals surface area contributed by atoms with E-state index in [1.807, 2.05) is 0 Å². The van der Waals surface area contributed by atoms with Crippen molar-refractivity contribution < 1.29 is 13.2 Å². The van der Waals surface area contributed by atoms with Crippen molar-refractivity contribution in [2.24, 2.45) is 5.41 Å². The van der Waals surface area contributed by atoms with Crippen LogP contribution in [0.25, 0.3) is 4.72 Å². The highest BCUT2D eigenvalue weighted by atomic mass is 32.2. The van der Waals surface area contributed by atoms with Gasteiger partial charge in [0.25, 0.3) is 0 Å². The number of carbonyl (C=O) groups is 1. The van der Waals surface area contributed by atoms with Crippen LogP contribution in [0.15, 0.2) is 35.2 Å². The number of sulfonamides is 1. The Morgan fingerprint density at radius 3 is 2.20 bits per heavy atom. The summed E-state index contributed by atoms with van der Waals surface area (Å²) in [6.45, 7) is 8.81. The molecule has 0 saturated heterocycles. The first kappa shape index (κ1) is 18.9. The number of hydrogen-bond donors (Lipinski definition) is 1. The minimum Gasteiger partial charge on any atom is -0.423 e. The number of aromatic nitrogens is 2. The van der Waals surface area contributed by atoms with E-state index in [2.05, 4.69) is 20.0 Å². The van der Waals surface area contributed by atoms with Crippen molar-refractivity contribution >= 4 is 27.4 Å². The highest BCUT2D eigenvalue weighted by Crippen LogP contribution is 2.27. The zero-order chi connectivity index (χ0) is 18.8. The first-order valence-electron chi connectivity index (χ1n) is 7.69. The van der Waals surface area contributed by atoms with E-state index in [1.54, 1.807) is 34.6 Å². The largest absolute Gasteiger partial charge is 0.423 e. The van der Waals surface area contributed by atoms with Gasteiger partial charge in [-0.15, -0.1) is 0 Å². The normalized spacial score (nSPS) is 11.9. The van der Waals surface area contributed by atoms with Gasteiger partial charge in [-0.05, 0) is 50.0 Å². The Bertz CT molecular complexity index is 865. The van der Waals surface area contributed by atoms with Crippen molar-refractivity contribution in [1.29, 1.82) is 0 Å². The lowest BCUT2D eigenvalue weighted by Crippen LogP contribution is -2.27. The number of aryl methyl sites for hydroxylation is 2. The second kappa shape index (κ2) is 6.79. The molecule has 134 valence electrons. The van der Waals surface area contributed by atoms with Crippen LogP contribution in [0.5, 0.6) is 0 Å². The van der Waals surface area contributed by atoms with Crippen LogP contribution >= 0.6 is 0 Å². The number of anilines is 1. The van der Waals surface area contributed by atoms with E-state index in [9.17, 15) is 13.2 Å². The number of carbonyl (C=O) groups excluding carboxylic acids is 1. The number of benzene rings is 1. The van der Waals surface area contributed by atoms with Gasteiger partial charge in [-0.25, -0.2) is 8.42 Å². The molecule has 7 nitrogen and oxygen atoms in total. The van der Waals surface area contributed by atoms with E-state index in [-0.39, 0.29) is 16.6 Å². The molecule has 2 rings (SSSR count). The molecule has 2 aromatic rings. The maximum Gasteiger partial charge on any atom is 0.229 e. The molecular formula is C17H21N4O3S-. The molecule has 0 aliphatic carbocycles. The predicted molar refractivity (Wildman–Crippen MR) is 96.2 cm³/mol. The van der Waals surface area contributed by atoms with Crippen LogP contribution in [0.1, 0.15) is 32.3 Å². The van der Waals surface area contributed by atoms with Gasteiger partial charge in [0, 0.05) is 22.6 Å². The lowest BCUT2D eigenvalue weighted by Gasteiger charge is -2.19. The third-order valence-corrected chi connectivity index (χ3v) is 4.55. The zero-order valence-corrected chi connectivity index (χ0v) is 15.7. The van der Waals surface area contributed by atoms with Crippen LogP contribution in [0.2, 0.25) is 0 Å². The summed E-state index contributed by atoms with van der Waals surface area (Å²) in [6.07, 6.45) is 0. The summed E-state index contributed by atoms with van der Waals surface area (Å²) in [5.41, 5.74) is 0.623. The molecule has 0 aliphatic heterocycles. The van der Waals surface area contributed by atoms with Gasteiger partial charge < -0.3 is 15.0 Å². The van der Waals surface area contributed by atoms with Crippen molar-refractivity contribution in [1.82, 2.24) is 9.97 Å². The Balaban J connectivity index is 2.19. The fourth-order valence-corrected chi connectivity index (χ4v) is 2.87. The monoisotopic (exact) mass is 361 g/mol. The Morgan fingerprint density at radius 1 is 1.08 bits per heavy atom. The predicted octanol–water partition coefficient (Wildman–Crippen LogP) is 3.47. The van der Waals surface area contributed by atoms with Crippen LogP contribution < -0.4 is 5.32 Å². The molecule has 1 heterocycles. The summed E-state index contributed by atoms with van der Waals surface area (Å²) in [4.78, 5) is 20.1. The van der Waals surface area contributed by atoms with Crippen LogP contribution in [0.4, 0.5) is 11.5 Å². The Kier molecular flexibility index (Phi) is 5.12. The van der Waals surface area contributed by atoms with E-state index in [0.29, 0.717) is 17.2 Å². The molecule has 25 heavy (non-hydrogen) atoms. The van der Waals surface area contributed by atoms with Crippen molar-refractivity contribution in [3.8, 4) is 0 Å². The molecule has 1 N–H and O–H groups in total. The lowest BCUT2D eigenvalue weighted by atomic mass is 9.95. The minimum atomic E-state index is -3.90. The van der Waals surface area contributed by atoms with Gasteiger partial charge in [0.05, 0.1) is 4.90 Å². The number of nitrogens with one attached hydrogen (secondary N) is 1. The Morgan fingerprint density at radius 2 is 1.68 bits per heavy atom. The maximum atomic E-state index is 12.4. The van der Waals surface area contributed by atoms with Crippen LogP contribution in [-0.2, 0) is 14.8 Å². The van der Waals surface area contributed by atoms with Gasteiger partial charge in [-0.1, -0.05) is 20.8 Å². The minimum absolute atomic E-state index is 0.0233. The summed E-state index contributed by atoms with van der Waals surface area (Å²) >= 11 is 0. The second-order valence-electron chi connectivity index (χ2n) is 6.71. The molecule has 1 amide bonds. The van der Waals surface area contributed by atoms with Gasteiger partial charge in [0.15, 0.2) is 0 Å². The molecule has 0 saturated carbocycles. The van der Waals surface area contributed by atoms with Gasteiger partial charge in [0.2, 0.25) is 15.9 Å². The molecule has 0 bridgehead atoms. The summed E-state index contributed by atoms with van der Waals surface area (Å²) in [6, 6.07) is 7.36. The standard InChI is InChI=1S/C17H22N4O3S/c1-11-10-15(19-12(2)18-11)21-25(23,24)14-8-6-13(7-9-14)20-16(22)17(3,4)5/h6-10H,1-5H3,(H2,18,19,20,21,22)/p-1. The summed E-state index contributed by atoms with van der Waals surface area (Å²) in [5.74, 6) is 0.393. The Labute approximate surface area is 148 Å². The van der Waals surface area contributed by atoms with E-state index in [0.717, 1.165) is 0 Å². The van der Waals surface area contributed by atoms with Crippen LogP contribution in [-0.4, -0.2) is 24.3 Å². The van der Waals surface area contributed by atoms with E-state index in [4.69, 9.17) is 0 Å². The quantitative estimate of drug-likeness (QED) is 0.898. The topological polar surface area (TPSA) is 103 Å². The van der Waals surface area contributed by atoms with Crippen molar-refractivity contribution in [2.75, 3.05) is 5.32 Å². The van der Waals surface area contributed by atoms with E-state index in [1.165, 1.54) is 30.3 Å². The maximum absolute atomic E-state index is 12.4. The van der Waals surface area contributed by atoms with Gasteiger partial charge >= 0.3 is 0 Å². The SMILES string of the molecule is Cc1cc([N-]S(=O)(=O)c2ccc(NC(=O)C(C)(C)C)cc2)nc(C)n1. The van der Waals surface area contributed by atoms with Crippen LogP contribution in [0, 0.1) is 19.3 Å². The highest BCUT2D eigenvalue weighted by Gasteiger charge is 2.21. The third kappa shape index (κ3) is 4.99. The fraction of sp³-hybridized carbons (Fsp3) is 0.353. The number of rotatable bonds is 4. The molecule has 1 aromatic carbocycles. The molecule has 0 aliphatic rings. The zero-order valence-electron chi connectivity index (χ0n) is 14.9. The summed E-state index contributed by atoms with van der Waals surface area (Å²) in [5, 5.41) is 2.74. The van der Waals surface area contributed by atoms with Crippen molar-refractivity contribution in [3.63, 3.8) is 0 Å². The van der Waals surface area contributed by atoms with Crippen molar-refractivity contribution in [2.45, 2.75) is 39.5 Å². The molecule has 8 heteroatoms. The first-order valence-corrected chi connectivity index (χ1v) is 9.13. The number of hydrogen-bond acceptors (Lipinski definition) is 5. The highest BCUT2D eigenvalue weighted by molar-refractivity contribution is 7.94. The first-order chi connectivity index (χ1) is 11.5. The summed E-state index contributed by atoms with van der Waals surface area (Å²) < 4.78 is 28.6. The molecule has 0 fully saturated rings. The van der Waals surface area contributed by atoms with Crippen molar-refractivity contribution in [3.05, 3.63) is 46.6 Å². The molecule has 1 aromatic heterocycles. The average Bonchev–Trinajstić information content (AvgIpc) is 2.45. The number of nitrogens with zero attached hydrogens (tertiary/aromatic N) is 3. The third-order valence-electron chi connectivity index (χ3n) is 3.26. The summed E-state index contributed by atoms with van der Waals surface area (Å²) in [7, 11) is -3.90. The second-order valence-corrected chi connectivity index (χ2v) is 8.31. The molecular weight excluding hydrogens is 340 g/mol. The van der Waals surface area contributed by atoms with Gasteiger partial charge in [0.1, 0.15) is 0 Å². The van der Waals surface area contributed by atoms with E-state index < -0.39 is 15.4 Å². The van der Waals surface area contributed by atoms with Gasteiger partial charge in [-0.3, -0.25) is 9.78 Å². The molecule has 0 spiro atoms. The molecule has 0 atom stereocenters. The van der Waals surface area contributed by atoms with Crippen LogP contribution in [0.3, 0.4) is 0 Å². The average molecular weight is 361 g/mol. The molecule has 0 unspecified atom stereocenters.